The highest BCUT2D eigenvalue weighted by Crippen LogP contribution is 2.69. The van der Waals surface area contributed by atoms with Gasteiger partial charge in [0.2, 0.25) is 0 Å². The minimum Gasteiger partial charge on any atom is -0.457 e. The monoisotopic (exact) mass is 695 g/mol. The summed E-state index contributed by atoms with van der Waals surface area (Å²) in [7, 11) is 0. The highest BCUT2D eigenvalue weighted by Gasteiger charge is 2.61. The molecule has 268 valence electrons. The van der Waals surface area contributed by atoms with Gasteiger partial charge >= 0.3 is 0 Å². The Morgan fingerprint density at radius 2 is 1.00 bits per heavy atom. The molecule has 0 saturated heterocycles. The molecule has 6 aliphatic carbocycles. The second-order valence-electron chi connectivity index (χ2n) is 19.7. The van der Waals surface area contributed by atoms with Crippen LogP contribution in [0, 0.1) is 23.7 Å². The van der Waals surface area contributed by atoms with Gasteiger partial charge in [-0.1, -0.05) is 102 Å². The van der Waals surface area contributed by atoms with Crippen LogP contribution in [0.5, 0.6) is 11.5 Å². The van der Waals surface area contributed by atoms with Crippen molar-refractivity contribution in [2.75, 3.05) is 4.90 Å². The molecule has 0 radical (unpaired) electrons. The average molecular weight is 696 g/mol. The molecule has 0 unspecified atom stereocenters. The lowest BCUT2D eigenvalue weighted by Gasteiger charge is -2.63. The van der Waals surface area contributed by atoms with E-state index in [1.807, 2.05) is 0 Å². The van der Waals surface area contributed by atoms with Crippen LogP contribution in [0.3, 0.4) is 0 Å². The first-order chi connectivity index (χ1) is 25.4. The standard InChI is InChI=1S/C51H53NO/c1-48(2)21-22-49(3,4)45-29-36(16-19-41(45)48)52(35-15-18-39-38-11-7-8-12-40(38)50(5,6)44(39)28-35)37-17-20-43-47(30-37)53-46-14-10-9-13-42(46)51(43)33-24-31-23-32(26-33)27-34(51)25-31/h7-20,28-34H,21-27H2,1-6H3. The van der Waals surface area contributed by atoms with Crippen molar-refractivity contribution in [1.82, 2.24) is 0 Å². The molecule has 1 aliphatic heterocycles. The lowest BCUT2D eigenvalue weighted by atomic mass is 9.42. The fourth-order valence-electron chi connectivity index (χ4n) is 13.0. The Labute approximate surface area is 316 Å². The molecule has 0 atom stereocenters. The van der Waals surface area contributed by atoms with Gasteiger partial charge in [-0.05, 0) is 149 Å². The number of rotatable bonds is 3. The number of ether oxygens (including phenoxy) is 1. The van der Waals surface area contributed by atoms with Crippen LogP contribution >= 0.6 is 0 Å². The molecule has 5 aromatic rings. The smallest absolute Gasteiger partial charge is 0.133 e. The van der Waals surface area contributed by atoms with E-state index in [9.17, 15) is 0 Å². The first-order valence-electron chi connectivity index (χ1n) is 20.6. The van der Waals surface area contributed by atoms with Crippen molar-refractivity contribution < 1.29 is 4.74 Å². The number of para-hydroxylation sites is 1. The van der Waals surface area contributed by atoms with Gasteiger partial charge in [0.1, 0.15) is 11.5 Å². The van der Waals surface area contributed by atoms with E-state index < -0.39 is 0 Å². The van der Waals surface area contributed by atoms with E-state index in [4.69, 9.17) is 4.74 Å². The number of nitrogens with zero attached hydrogens (tertiary/aromatic N) is 1. The molecule has 2 nitrogen and oxygen atoms in total. The maximum absolute atomic E-state index is 7.04. The number of hydrogen-bond donors (Lipinski definition) is 0. The van der Waals surface area contributed by atoms with Crippen molar-refractivity contribution in [2.24, 2.45) is 23.7 Å². The summed E-state index contributed by atoms with van der Waals surface area (Å²) in [4.78, 5) is 2.53. The van der Waals surface area contributed by atoms with Crippen molar-refractivity contribution in [3.05, 3.63) is 137 Å². The number of anilines is 3. The summed E-state index contributed by atoms with van der Waals surface area (Å²) in [6.45, 7) is 14.5. The molecule has 4 fully saturated rings. The molecule has 53 heavy (non-hydrogen) atoms. The summed E-state index contributed by atoms with van der Waals surface area (Å²) in [5.41, 5.74) is 15.3. The van der Waals surface area contributed by atoms with Crippen LogP contribution in [-0.2, 0) is 21.7 Å². The molecule has 0 amide bonds. The third-order valence-corrected chi connectivity index (χ3v) is 15.6. The molecule has 0 aromatic heterocycles. The molecule has 5 aromatic carbocycles. The van der Waals surface area contributed by atoms with Crippen LogP contribution < -0.4 is 9.64 Å². The Bertz CT molecular complexity index is 2310. The normalized spacial score (nSPS) is 28.3. The molecule has 2 heteroatoms. The van der Waals surface area contributed by atoms with E-state index in [-0.39, 0.29) is 21.7 Å². The van der Waals surface area contributed by atoms with Gasteiger partial charge in [-0.3, -0.25) is 0 Å². The molecule has 1 spiro atoms. The van der Waals surface area contributed by atoms with Gasteiger partial charge in [0.05, 0.1) is 0 Å². The fraction of sp³-hybridized carbons (Fsp3) is 0.412. The van der Waals surface area contributed by atoms with E-state index in [2.05, 4.69) is 150 Å². The number of fused-ring (bicyclic) bond motifs is 6. The van der Waals surface area contributed by atoms with Crippen LogP contribution in [0.1, 0.15) is 120 Å². The van der Waals surface area contributed by atoms with E-state index in [0.717, 1.165) is 23.3 Å². The quantitative estimate of drug-likeness (QED) is 0.186. The van der Waals surface area contributed by atoms with Crippen molar-refractivity contribution in [2.45, 2.75) is 108 Å². The summed E-state index contributed by atoms with van der Waals surface area (Å²) >= 11 is 0. The predicted octanol–water partition coefficient (Wildman–Crippen LogP) is 13.7. The van der Waals surface area contributed by atoms with E-state index >= 15 is 0 Å². The topological polar surface area (TPSA) is 12.5 Å². The van der Waals surface area contributed by atoms with Gasteiger partial charge in [0, 0.05) is 45.1 Å². The molecule has 1 heterocycles. The zero-order chi connectivity index (χ0) is 36.1. The van der Waals surface area contributed by atoms with Gasteiger partial charge in [0.25, 0.3) is 0 Å². The maximum Gasteiger partial charge on any atom is 0.133 e. The van der Waals surface area contributed by atoms with Crippen molar-refractivity contribution in [3.63, 3.8) is 0 Å². The number of benzene rings is 5. The highest BCUT2D eigenvalue weighted by atomic mass is 16.5. The maximum atomic E-state index is 7.04. The largest absolute Gasteiger partial charge is 0.457 e. The Kier molecular flexibility index (Phi) is 6.48. The van der Waals surface area contributed by atoms with Gasteiger partial charge in [-0.15, -0.1) is 0 Å². The molecular formula is C51H53NO. The second kappa shape index (κ2) is 10.7. The molecule has 4 bridgehead atoms. The van der Waals surface area contributed by atoms with Crippen molar-refractivity contribution in [1.29, 1.82) is 0 Å². The van der Waals surface area contributed by atoms with Gasteiger partial charge < -0.3 is 9.64 Å². The Morgan fingerprint density at radius 3 is 1.72 bits per heavy atom. The lowest BCUT2D eigenvalue weighted by molar-refractivity contribution is -0.0452. The molecular weight excluding hydrogens is 643 g/mol. The van der Waals surface area contributed by atoms with E-state index in [1.165, 1.54) is 107 Å². The third-order valence-electron chi connectivity index (χ3n) is 15.6. The Hall–Kier alpha value is -4.30. The first kappa shape index (κ1) is 32.2. The fourth-order valence-corrected chi connectivity index (χ4v) is 13.0. The second-order valence-corrected chi connectivity index (χ2v) is 19.7. The van der Waals surface area contributed by atoms with Gasteiger partial charge in [-0.25, -0.2) is 0 Å². The van der Waals surface area contributed by atoms with Gasteiger partial charge in [-0.2, -0.15) is 0 Å². The third kappa shape index (κ3) is 4.33. The summed E-state index contributed by atoms with van der Waals surface area (Å²) in [5.74, 6) is 5.33. The zero-order valence-electron chi connectivity index (χ0n) is 32.4. The minimum atomic E-state index is -0.0794. The van der Waals surface area contributed by atoms with Crippen LogP contribution in [0.25, 0.3) is 11.1 Å². The van der Waals surface area contributed by atoms with Crippen LogP contribution in [0.15, 0.2) is 103 Å². The average Bonchev–Trinajstić information content (AvgIpc) is 3.37. The van der Waals surface area contributed by atoms with Crippen molar-refractivity contribution >= 4 is 17.1 Å². The SMILES string of the molecule is CC1(C)CCC(C)(C)c2cc(N(c3ccc4c(c3)Oc3ccccc3C43C4CC5CC(C4)CC3C5)c3ccc4c(c3)C(C)(C)c3ccccc3-4)ccc21. The van der Waals surface area contributed by atoms with E-state index in [0.29, 0.717) is 11.8 Å². The lowest BCUT2D eigenvalue weighted by Crippen LogP contribution is -2.56. The molecule has 7 aliphatic rings. The minimum absolute atomic E-state index is 0.0474. The van der Waals surface area contributed by atoms with Crippen molar-refractivity contribution in [3.8, 4) is 22.6 Å². The molecule has 0 N–H and O–H groups in total. The zero-order valence-corrected chi connectivity index (χ0v) is 32.4. The summed E-state index contributed by atoms with van der Waals surface area (Å²) < 4.78 is 7.04. The van der Waals surface area contributed by atoms with Crippen LogP contribution in [0.2, 0.25) is 0 Å². The summed E-state index contributed by atoms with van der Waals surface area (Å²) in [6, 6.07) is 40.0. The van der Waals surface area contributed by atoms with Crippen LogP contribution in [-0.4, -0.2) is 0 Å². The summed E-state index contributed by atoms with van der Waals surface area (Å²) in [5, 5.41) is 0. The van der Waals surface area contributed by atoms with Gasteiger partial charge in [0.15, 0.2) is 0 Å². The number of hydrogen-bond acceptors (Lipinski definition) is 2. The Balaban J connectivity index is 1.11. The highest BCUT2D eigenvalue weighted by molar-refractivity contribution is 5.86. The Morgan fingerprint density at radius 1 is 0.472 bits per heavy atom. The summed E-state index contributed by atoms with van der Waals surface area (Å²) in [6.07, 6.45) is 9.32. The first-order valence-corrected chi connectivity index (χ1v) is 20.6. The molecule has 12 rings (SSSR count). The predicted molar refractivity (Wildman–Crippen MR) is 218 cm³/mol. The van der Waals surface area contributed by atoms with E-state index in [1.54, 1.807) is 0 Å². The molecule has 4 saturated carbocycles. The van der Waals surface area contributed by atoms with Crippen LogP contribution in [0.4, 0.5) is 17.1 Å².